The van der Waals surface area contributed by atoms with Gasteiger partial charge in [-0.1, -0.05) is 66.7 Å². The lowest BCUT2D eigenvalue weighted by Crippen LogP contribution is -2.29. The van der Waals surface area contributed by atoms with E-state index in [4.69, 9.17) is 11.6 Å². The van der Waals surface area contributed by atoms with Gasteiger partial charge in [-0.25, -0.2) is 0 Å². The molecule has 0 aliphatic heterocycles. The van der Waals surface area contributed by atoms with Crippen LogP contribution < -0.4 is 10.6 Å². The van der Waals surface area contributed by atoms with Crippen molar-refractivity contribution in [2.75, 3.05) is 11.1 Å². The molecule has 0 spiro atoms. The summed E-state index contributed by atoms with van der Waals surface area (Å²) < 4.78 is 1.84. The third kappa shape index (κ3) is 6.07. The van der Waals surface area contributed by atoms with Crippen LogP contribution in [0.4, 0.5) is 5.69 Å². The van der Waals surface area contributed by atoms with Crippen LogP contribution in [0.2, 0.25) is 5.02 Å². The summed E-state index contributed by atoms with van der Waals surface area (Å²) in [4.78, 5) is 25.3. The van der Waals surface area contributed by atoms with Gasteiger partial charge in [-0.05, 0) is 43.5 Å². The van der Waals surface area contributed by atoms with Crippen molar-refractivity contribution < 1.29 is 9.59 Å². The van der Waals surface area contributed by atoms with Crippen LogP contribution in [0.15, 0.2) is 60.3 Å². The van der Waals surface area contributed by atoms with Gasteiger partial charge < -0.3 is 15.2 Å². The van der Waals surface area contributed by atoms with Crippen molar-refractivity contribution in [2.24, 2.45) is 0 Å². The number of allylic oxidation sites excluding steroid dienone is 1. The number of amides is 2. The third-order valence-electron chi connectivity index (χ3n) is 5.25. The number of para-hydroxylation sites is 1. The van der Waals surface area contributed by atoms with Gasteiger partial charge in [0.15, 0.2) is 11.0 Å². The molecule has 3 rings (SSSR count). The van der Waals surface area contributed by atoms with E-state index in [1.165, 1.54) is 11.8 Å². The van der Waals surface area contributed by atoms with Crippen LogP contribution in [-0.4, -0.2) is 32.3 Å². The topological polar surface area (TPSA) is 88.9 Å². The molecule has 9 heteroatoms. The van der Waals surface area contributed by atoms with Gasteiger partial charge >= 0.3 is 0 Å². The molecule has 1 atom stereocenters. The summed E-state index contributed by atoms with van der Waals surface area (Å²) in [7, 11) is 0. The fraction of sp³-hybridized carbons (Fsp3) is 0.280. The van der Waals surface area contributed by atoms with Gasteiger partial charge in [-0.15, -0.1) is 16.8 Å². The van der Waals surface area contributed by atoms with Gasteiger partial charge in [-0.3, -0.25) is 9.59 Å². The van der Waals surface area contributed by atoms with E-state index < -0.39 is 6.04 Å². The highest BCUT2D eigenvalue weighted by atomic mass is 35.5. The molecular formula is C25H28ClN5O2S. The number of rotatable bonds is 10. The molecule has 0 fully saturated rings. The molecule has 1 aromatic heterocycles. The number of halogens is 1. The van der Waals surface area contributed by atoms with E-state index in [2.05, 4.69) is 34.3 Å². The third-order valence-corrected chi connectivity index (χ3v) is 6.54. The van der Waals surface area contributed by atoms with Gasteiger partial charge in [0.1, 0.15) is 0 Å². The van der Waals surface area contributed by atoms with Gasteiger partial charge in [-0.2, -0.15) is 0 Å². The van der Waals surface area contributed by atoms with Crippen molar-refractivity contribution in [3.63, 3.8) is 0 Å². The normalized spacial score (nSPS) is 11.6. The number of thioether (sulfide) groups is 1. The van der Waals surface area contributed by atoms with E-state index in [1.54, 1.807) is 30.3 Å². The lowest BCUT2D eigenvalue weighted by molar-refractivity contribution is -0.113. The molecule has 34 heavy (non-hydrogen) atoms. The lowest BCUT2D eigenvalue weighted by atomic mass is 10.1. The maximum Gasteiger partial charge on any atom is 0.253 e. The predicted molar refractivity (Wildman–Crippen MR) is 137 cm³/mol. The van der Waals surface area contributed by atoms with Crippen molar-refractivity contribution in [1.82, 2.24) is 20.1 Å². The minimum atomic E-state index is -0.432. The fourth-order valence-corrected chi connectivity index (χ4v) is 4.50. The molecular weight excluding hydrogens is 470 g/mol. The standard InChI is InChI=1S/C25H28ClN5O2S/c1-5-14-31-23(17(4)27-24(33)19-12-7-8-13-20(19)26)29-30-25(31)34-15-21(32)28-22-16(3)10-9-11-18(22)6-2/h5,7-13,17H,1,6,14-15H2,2-4H3,(H,27,33)(H,28,32)/t17-/m0/s1. The zero-order valence-corrected chi connectivity index (χ0v) is 21.0. The second-order valence-electron chi connectivity index (χ2n) is 7.71. The molecule has 0 bridgehead atoms. The van der Waals surface area contributed by atoms with Gasteiger partial charge in [0, 0.05) is 12.2 Å². The number of hydrogen-bond donors (Lipinski definition) is 2. The van der Waals surface area contributed by atoms with Crippen molar-refractivity contribution in [1.29, 1.82) is 0 Å². The first-order chi connectivity index (χ1) is 16.3. The van der Waals surface area contributed by atoms with E-state index in [0.29, 0.717) is 28.1 Å². The molecule has 0 saturated heterocycles. The van der Waals surface area contributed by atoms with E-state index >= 15 is 0 Å². The molecule has 0 unspecified atom stereocenters. The maximum absolute atomic E-state index is 12.7. The Hall–Kier alpha value is -3.10. The summed E-state index contributed by atoms with van der Waals surface area (Å²) in [5.74, 6) is 0.316. The Balaban J connectivity index is 1.70. The minimum absolute atomic E-state index is 0.122. The molecule has 0 saturated carbocycles. The van der Waals surface area contributed by atoms with Crippen LogP contribution in [0, 0.1) is 6.92 Å². The van der Waals surface area contributed by atoms with Crippen LogP contribution in [0.1, 0.15) is 47.2 Å². The molecule has 2 N–H and O–H groups in total. The molecule has 0 aliphatic rings. The summed E-state index contributed by atoms with van der Waals surface area (Å²) in [5, 5.41) is 15.4. The average molecular weight is 498 g/mol. The number of nitrogens with one attached hydrogen (secondary N) is 2. The largest absolute Gasteiger partial charge is 0.342 e. The first-order valence-corrected chi connectivity index (χ1v) is 12.3. The summed E-state index contributed by atoms with van der Waals surface area (Å²) in [6.07, 6.45) is 2.56. The average Bonchev–Trinajstić information content (AvgIpc) is 3.22. The molecule has 0 radical (unpaired) electrons. The number of aryl methyl sites for hydroxylation is 2. The maximum atomic E-state index is 12.7. The van der Waals surface area contributed by atoms with Gasteiger partial charge in [0.05, 0.1) is 22.4 Å². The molecule has 2 amide bonds. The molecule has 178 valence electrons. The number of nitrogens with zero attached hydrogens (tertiary/aromatic N) is 3. The lowest BCUT2D eigenvalue weighted by Gasteiger charge is -2.16. The minimum Gasteiger partial charge on any atom is -0.342 e. The van der Waals surface area contributed by atoms with Gasteiger partial charge in [0.2, 0.25) is 5.91 Å². The first-order valence-electron chi connectivity index (χ1n) is 11.0. The quantitative estimate of drug-likeness (QED) is 0.296. The van der Waals surface area contributed by atoms with Crippen LogP contribution in [0.25, 0.3) is 0 Å². The van der Waals surface area contributed by atoms with Crippen molar-refractivity contribution in [2.45, 2.75) is 44.9 Å². The first kappa shape index (κ1) is 25.5. The second-order valence-corrected chi connectivity index (χ2v) is 9.06. The van der Waals surface area contributed by atoms with Crippen LogP contribution in [0.5, 0.6) is 0 Å². The smallest absolute Gasteiger partial charge is 0.253 e. The molecule has 7 nitrogen and oxygen atoms in total. The highest BCUT2D eigenvalue weighted by Crippen LogP contribution is 2.24. The number of carbonyl (C=O) groups is 2. The van der Waals surface area contributed by atoms with Crippen molar-refractivity contribution in [3.8, 4) is 0 Å². The van der Waals surface area contributed by atoms with E-state index in [-0.39, 0.29) is 17.6 Å². The zero-order valence-electron chi connectivity index (χ0n) is 19.5. The Morgan fingerprint density at radius 1 is 1.21 bits per heavy atom. The summed E-state index contributed by atoms with van der Waals surface area (Å²) in [6, 6.07) is 12.4. The van der Waals surface area contributed by atoms with Crippen LogP contribution in [-0.2, 0) is 17.8 Å². The summed E-state index contributed by atoms with van der Waals surface area (Å²) in [6.45, 7) is 10.1. The zero-order chi connectivity index (χ0) is 24.7. The SMILES string of the molecule is C=CCn1c(SCC(=O)Nc2c(C)cccc2CC)nnc1[C@H](C)NC(=O)c1ccccc1Cl. The Kier molecular flexibility index (Phi) is 8.90. The molecule has 0 aliphatic carbocycles. The number of benzene rings is 2. The monoisotopic (exact) mass is 497 g/mol. The highest BCUT2D eigenvalue weighted by molar-refractivity contribution is 7.99. The highest BCUT2D eigenvalue weighted by Gasteiger charge is 2.21. The molecule has 2 aromatic carbocycles. The number of aromatic nitrogens is 3. The van der Waals surface area contributed by atoms with E-state index in [0.717, 1.165) is 23.2 Å². The fourth-order valence-electron chi connectivity index (χ4n) is 3.52. The Morgan fingerprint density at radius 2 is 1.97 bits per heavy atom. The Morgan fingerprint density at radius 3 is 2.68 bits per heavy atom. The second kappa shape index (κ2) is 11.9. The molecule has 3 aromatic rings. The Bertz CT molecular complexity index is 1190. The number of anilines is 1. The number of hydrogen-bond acceptors (Lipinski definition) is 5. The van der Waals surface area contributed by atoms with Gasteiger partial charge in [0.25, 0.3) is 5.91 Å². The van der Waals surface area contributed by atoms with E-state index in [9.17, 15) is 9.59 Å². The number of carbonyl (C=O) groups excluding carboxylic acids is 2. The summed E-state index contributed by atoms with van der Waals surface area (Å²) >= 11 is 7.43. The van der Waals surface area contributed by atoms with Crippen molar-refractivity contribution in [3.05, 3.63) is 82.7 Å². The van der Waals surface area contributed by atoms with Crippen molar-refractivity contribution >= 4 is 40.9 Å². The summed E-state index contributed by atoms with van der Waals surface area (Å²) in [5.41, 5.74) is 3.37. The Labute approximate surface area is 209 Å². The predicted octanol–water partition coefficient (Wildman–Crippen LogP) is 5.21. The van der Waals surface area contributed by atoms with E-state index in [1.807, 2.05) is 36.6 Å². The van der Waals surface area contributed by atoms with Crippen LogP contribution in [0.3, 0.4) is 0 Å². The van der Waals surface area contributed by atoms with Crippen LogP contribution >= 0.6 is 23.4 Å². The molecule has 1 heterocycles.